The summed E-state index contributed by atoms with van der Waals surface area (Å²) in [6, 6.07) is 0.0324. The van der Waals surface area contributed by atoms with Crippen molar-refractivity contribution in [2.75, 3.05) is 125 Å². The first-order valence-corrected chi connectivity index (χ1v) is 24.4. The summed E-state index contributed by atoms with van der Waals surface area (Å²) in [6.07, 6.45) is -3.40. The first-order valence-electron chi connectivity index (χ1n) is 24.4. The second-order valence-electron chi connectivity index (χ2n) is 18.3. The van der Waals surface area contributed by atoms with Gasteiger partial charge < -0.3 is 91.3 Å². The largest absolute Gasteiger partial charge is 0.480 e. The molecular weight excluding hydrogens is 987 g/mol. The molecule has 2 bridgehead atoms. The first-order chi connectivity index (χ1) is 35.3. The van der Waals surface area contributed by atoms with Gasteiger partial charge in [0.15, 0.2) is 0 Å². The summed E-state index contributed by atoms with van der Waals surface area (Å²) in [5.74, 6) is -6.77. The zero-order valence-electron chi connectivity index (χ0n) is 41.8. The van der Waals surface area contributed by atoms with E-state index in [1.807, 2.05) is 0 Å². The molecule has 1 aromatic rings. The molecule has 2 heterocycles. The van der Waals surface area contributed by atoms with Crippen LogP contribution in [-0.2, 0) is 41.9 Å². The van der Waals surface area contributed by atoms with Gasteiger partial charge in [-0.05, 0) is 44.2 Å². The quantitative estimate of drug-likeness (QED) is 0.0300. The van der Waals surface area contributed by atoms with Crippen molar-refractivity contribution in [3.8, 4) is 0 Å². The number of fused-ring (bicyclic) bond motifs is 2. The average Bonchev–Trinajstić information content (AvgIpc) is 3.38. The molecular formula is C46H79N7O21. The number of amides is 3. The van der Waals surface area contributed by atoms with Gasteiger partial charge >= 0.3 is 17.9 Å². The van der Waals surface area contributed by atoms with Gasteiger partial charge in [-0.3, -0.25) is 48.5 Å². The molecule has 3 atom stereocenters. The van der Waals surface area contributed by atoms with Crippen molar-refractivity contribution >= 4 is 35.6 Å². The molecule has 0 aromatic carbocycles. The summed E-state index contributed by atoms with van der Waals surface area (Å²) in [5.41, 5.74) is -4.88. The number of pyridine rings is 1. The Bertz CT molecular complexity index is 1780. The highest BCUT2D eigenvalue weighted by Crippen LogP contribution is 2.27. The van der Waals surface area contributed by atoms with E-state index in [1.165, 1.54) is 26.8 Å². The summed E-state index contributed by atoms with van der Waals surface area (Å²) in [7, 11) is 0. The van der Waals surface area contributed by atoms with E-state index in [-0.39, 0.29) is 70.0 Å². The van der Waals surface area contributed by atoms with Crippen molar-refractivity contribution in [3.63, 3.8) is 0 Å². The maximum Gasteiger partial charge on any atom is 0.320 e. The third kappa shape index (κ3) is 17.5. The molecule has 0 aliphatic carbocycles. The highest BCUT2D eigenvalue weighted by molar-refractivity contribution is 5.81. The fourth-order valence-corrected chi connectivity index (χ4v) is 9.37. The Labute approximate surface area is 428 Å². The van der Waals surface area contributed by atoms with Gasteiger partial charge in [-0.15, -0.1) is 0 Å². The molecule has 1 aliphatic rings. The predicted octanol–water partition coefficient (Wildman–Crippen LogP) is -6.91. The summed E-state index contributed by atoms with van der Waals surface area (Å²) >= 11 is 0. The van der Waals surface area contributed by atoms with Gasteiger partial charge in [0.05, 0.1) is 83.0 Å². The van der Waals surface area contributed by atoms with Crippen LogP contribution in [0.2, 0.25) is 0 Å². The van der Waals surface area contributed by atoms with Crippen molar-refractivity contribution in [3.05, 3.63) is 29.6 Å². The Kier molecular flexibility index (Phi) is 29.0. The lowest BCUT2D eigenvalue weighted by atomic mass is 9.89. The minimum Gasteiger partial charge on any atom is -0.480 e. The fourth-order valence-electron chi connectivity index (χ4n) is 9.37. The first kappa shape index (κ1) is 65.5. The van der Waals surface area contributed by atoms with E-state index < -0.39 is 201 Å². The minimum atomic E-state index is -1.91. The molecule has 424 valence electrons. The molecule has 1 aliphatic heterocycles. The topological polar surface area (TPSA) is 438 Å². The van der Waals surface area contributed by atoms with Crippen LogP contribution >= 0.6 is 0 Å². The predicted molar refractivity (Wildman–Crippen MR) is 256 cm³/mol. The summed E-state index contributed by atoms with van der Waals surface area (Å²) in [4.78, 5) is 92.6. The molecule has 0 spiro atoms. The van der Waals surface area contributed by atoms with Gasteiger partial charge in [-0.25, -0.2) is 0 Å². The Morgan fingerprint density at radius 1 is 0.446 bits per heavy atom. The SMILES string of the molecule is O=C(O)C(CCC(=O)N(CCO)C(CO)(CCO)CCO)N1CCN(C(CCC(=O)N(CCO)C(CO)(CO)CO)C(=O)O)Cc2cccc(n2)CN(C(CCC(=O)N(CCO)C(CO)(CO)CO)C(=O)O)CC1. The van der Waals surface area contributed by atoms with Crippen LogP contribution in [0, 0.1) is 0 Å². The van der Waals surface area contributed by atoms with E-state index in [4.69, 9.17) is 0 Å². The van der Waals surface area contributed by atoms with Gasteiger partial charge in [0.25, 0.3) is 0 Å². The summed E-state index contributed by atoms with van der Waals surface area (Å²) in [6.45, 7) is -12.1. The minimum absolute atomic E-state index is 0.213. The number of aliphatic hydroxyl groups is 12. The summed E-state index contributed by atoms with van der Waals surface area (Å²) in [5, 5.41) is 152. The van der Waals surface area contributed by atoms with Crippen LogP contribution in [-0.4, -0.2) is 306 Å². The molecule has 74 heavy (non-hydrogen) atoms. The lowest BCUT2D eigenvalue weighted by molar-refractivity contribution is -0.150. The molecule has 0 saturated carbocycles. The zero-order chi connectivity index (χ0) is 55.6. The monoisotopic (exact) mass is 1070 g/mol. The van der Waals surface area contributed by atoms with E-state index in [9.17, 15) is 105 Å². The van der Waals surface area contributed by atoms with Crippen molar-refractivity contribution in [1.29, 1.82) is 0 Å². The lowest BCUT2D eigenvalue weighted by Crippen LogP contribution is -2.60. The number of β-amino-alcohol motifs (C(OH)–C–C–N with tert-alkyl or cyclic N) is 3. The van der Waals surface area contributed by atoms with E-state index in [0.717, 1.165) is 14.7 Å². The highest BCUT2D eigenvalue weighted by atomic mass is 16.4. The molecule has 28 nitrogen and oxygen atoms in total. The maximum atomic E-state index is 14.0. The van der Waals surface area contributed by atoms with Gasteiger partial charge in [0, 0.05) is 91.4 Å². The Balaban J connectivity index is 2.78. The van der Waals surface area contributed by atoms with Gasteiger partial charge in [0.1, 0.15) is 29.2 Å². The van der Waals surface area contributed by atoms with Crippen LogP contribution in [0.4, 0.5) is 0 Å². The number of carbonyl (C=O) groups excluding carboxylic acids is 3. The van der Waals surface area contributed by atoms with Crippen LogP contribution in [0.1, 0.15) is 62.8 Å². The van der Waals surface area contributed by atoms with E-state index in [2.05, 4.69) is 4.98 Å². The van der Waals surface area contributed by atoms with E-state index in [0.29, 0.717) is 0 Å². The molecule has 3 unspecified atom stereocenters. The third-order valence-corrected chi connectivity index (χ3v) is 13.8. The molecule has 28 heteroatoms. The number of carboxylic acids is 3. The number of nitrogens with zero attached hydrogens (tertiary/aromatic N) is 7. The molecule has 0 fully saturated rings. The number of aliphatic carboxylic acids is 3. The number of carboxylic acid groups (broad SMARTS) is 3. The smallest absolute Gasteiger partial charge is 0.320 e. The molecule has 3 amide bonds. The number of carbonyl (C=O) groups is 6. The van der Waals surface area contributed by atoms with Crippen molar-refractivity contribution in [2.45, 2.75) is 99.2 Å². The molecule has 1 aromatic heterocycles. The second-order valence-corrected chi connectivity index (χ2v) is 18.3. The Morgan fingerprint density at radius 3 is 1.00 bits per heavy atom. The van der Waals surface area contributed by atoms with Crippen LogP contribution in [0.3, 0.4) is 0 Å². The van der Waals surface area contributed by atoms with E-state index >= 15 is 0 Å². The van der Waals surface area contributed by atoms with Crippen molar-refractivity contribution in [2.24, 2.45) is 0 Å². The standard InChI is InChI=1S/C46H79N7O21/c54-19-10-44(26-59,11-20-55)51(16-21-56)38(66)7-4-35(41(69)70)48-12-14-49(36(42(71)72)5-8-39(67)52(17-22-57)45(27-60,28-61)29-62)24-33-2-1-3-34(47-33)25-50(15-13-48)37(43(73)74)6-9-40(68)53(18-23-58)46(30-63,31-64)32-65/h1-3,35-37,54-65H,4-32H2,(H,69,70)(H,71,72)(H,73,74). The van der Waals surface area contributed by atoms with Crippen molar-refractivity contribution < 1.29 is 105 Å². The van der Waals surface area contributed by atoms with E-state index in [1.54, 1.807) is 6.07 Å². The highest BCUT2D eigenvalue weighted by Gasteiger charge is 2.42. The lowest BCUT2D eigenvalue weighted by Gasteiger charge is -2.43. The molecule has 2 rings (SSSR count). The number of hydrogen-bond acceptors (Lipinski definition) is 22. The molecule has 0 radical (unpaired) electrons. The normalized spacial score (nSPS) is 15.8. The van der Waals surface area contributed by atoms with Crippen LogP contribution in [0.15, 0.2) is 18.2 Å². The van der Waals surface area contributed by atoms with Gasteiger partial charge in [0.2, 0.25) is 17.7 Å². The molecule has 0 saturated heterocycles. The molecule has 15 N–H and O–H groups in total. The number of hydrogen-bond donors (Lipinski definition) is 15. The van der Waals surface area contributed by atoms with Gasteiger partial charge in [-0.1, -0.05) is 6.07 Å². The van der Waals surface area contributed by atoms with Crippen LogP contribution in [0.25, 0.3) is 0 Å². The van der Waals surface area contributed by atoms with Crippen LogP contribution < -0.4 is 0 Å². The Morgan fingerprint density at radius 2 is 0.730 bits per heavy atom. The number of aliphatic hydroxyl groups excluding tert-OH is 12. The van der Waals surface area contributed by atoms with Crippen molar-refractivity contribution in [1.82, 2.24) is 34.4 Å². The maximum absolute atomic E-state index is 14.0. The average molecular weight is 1070 g/mol. The third-order valence-electron chi connectivity index (χ3n) is 13.8. The second kappa shape index (κ2) is 32.7. The van der Waals surface area contributed by atoms with Crippen LogP contribution in [0.5, 0.6) is 0 Å². The fraction of sp³-hybridized carbons (Fsp3) is 0.761. The number of aromatic nitrogens is 1. The number of rotatable bonds is 35. The summed E-state index contributed by atoms with van der Waals surface area (Å²) < 4.78 is 0. The Hall–Kier alpha value is -4.63. The van der Waals surface area contributed by atoms with Gasteiger partial charge in [-0.2, -0.15) is 0 Å². The zero-order valence-corrected chi connectivity index (χ0v) is 41.8.